The van der Waals surface area contributed by atoms with Crippen LogP contribution in [0.15, 0.2) is 0 Å². The first kappa shape index (κ1) is 16.2. The van der Waals surface area contributed by atoms with Crippen LogP contribution in [0.25, 0.3) is 0 Å². The molecular formula is C10H19N3O5. The Hall–Kier alpha value is -1.83. The number of carboxylic acid groups (broad SMARTS) is 1. The number of urea groups is 1. The van der Waals surface area contributed by atoms with Crippen LogP contribution in [0.1, 0.15) is 13.8 Å². The van der Waals surface area contributed by atoms with E-state index in [1.54, 1.807) is 13.8 Å². The molecule has 0 rings (SSSR count). The summed E-state index contributed by atoms with van der Waals surface area (Å²) in [4.78, 5) is 34.4. The zero-order valence-corrected chi connectivity index (χ0v) is 10.7. The fraction of sp³-hybridized carbons (Fsp3) is 0.700. The molecule has 4 N–H and O–H groups in total. The van der Waals surface area contributed by atoms with Crippen LogP contribution in [-0.4, -0.2) is 60.3 Å². The number of amides is 3. The molecule has 3 amide bonds. The highest BCUT2D eigenvalue weighted by atomic mass is 16.5. The number of nitrogens with two attached hydrogens (primary N) is 1. The Bertz CT molecular complexity index is 319. The van der Waals surface area contributed by atoms with Crippen LogP contribution in [0, 0.1) is 0 Å². The molecule has 0 saturated heterocycles. The minimum atomic E-state index is -1.18. The second-order valence-corrected chi connectivity index (χ2v) is 3.94. The van der Waals surface area contributed by atoms with Gasteiger partial charge in [0.15, 0.2) is 6.10 Å². The Morgan fingerprint density at radius 3 is 2.28 bits per heavy atom. The average Bonchev–Trinajstić information content (AvgIpc) is 2.25. The van der Waals surface area contributed by atoms with E-state index in [0.29, 0.717) is 0 Å². The number of carbonyl (C=O) groups is 3. The number of rotatable bonds is 7. The van der Waals surface area contributed by atoms with Crippen LogP contribution in [0.3, 0.4) is 0 Å². The summed E-state index contributed by atoms with van der Waals surface area (Å²) in [5.41, 5.74) is 5.02. The molecule has 0 saturated carbocycles. The first-order chi connectivity index (χ1) is 8.29. The highest BCUT2D eigenvalue weighted by molar-refractivity contribution is 5.83. The van der Waals surface area contributed by atoms with Crippen molar-refractivity contribution in [3.8, 4) is 0 Å². The largest absolute Gasteiger partial charge is 0.479 e. The molecule has 0 aromatic rings. The molecule has 0 heterocycles. The van der Waals surface area contributed by atoms with Gasteiger partial charge in [0, 0.05) is 13.2 Å². The maximum atomic E-state index is 11.7. The standard InChI is InChI=1S/C10H19N3O5/c1-6(2)13(5-8(11)14)10(17)12-4-7(18-3)9(15)16/h6-7H,4-5H2,1-3H3,(H2,11,14)(H,12,17)(H,15,16). The molecule has 0 bridgehead atoms. The summed E-state index contributed by atoms with van der Waals surface area (Å²) in [5.74, 6) is -1.82. The third-order valence-electron chi connectivity index (χ3n) is 2.21. The fourth-order valence-corrected chi connectivity index (χ4v) is 1.21. The van der Waals surface area contributed by atoms with Crippen molar-refractivity contribution in [2.75, 3.05) is 20.2 Å². The number of ether oxygens (including phenoxy) is 1. The van der Waals surface area contributed by atoms with Gasteiger partial charge in [0.05, 0.1) is 6.54 Å². The topological polar surface area (TPSA) is 122 Å². The number of hydrogen-bond donors (Lipinski definition) is 3. The number of methoxy groups -OCH3 is 1. The molecule has 0 aliphatic carbocycles. The molecule has 0 fully saturated rings. The summed E-state index contributed by atoms with van der Waals surface area (Å²) in [6, 6.07) is -0.796. The molecule has 0 aromatic heterocycles. The second-order valence-electron chi connectivity index (χ2n) is 3.94. The minimum absolute atomic E-state index is 0.188. The number of carbonyl (C=O) groups excluding carboxylic acids is 2. The van der Waals surface area contributed by atoms with Crippen molar-refractivity contribution in [1.82, 2.24) is 10.2 Å². The number of hydrogen-bond acceptors (Lipinski definition) is 4. The van der Waals surface area contributed by atoms with Crippen LogP contribution >= 0.6 is 0 Å². The van der Waals surface area contributed by atoms with Crippen molar-refractivity contribution in [3.63, 3.8) is 0 Å². The summed E-state index contributed by atoms with van der Waals surface area (Å²) in [7, 11) is 1.23. The van der Waals surface area contributed by atoms with Gasteiger partial charge in [0.25, 0.3) is 0 Å². The highest BCUT2D eigenvalue weighted by Crippen LogP contribution is 1.98. The molecule has 0 aliphatic rings. The van der Waals surface area contributed by atoms with Gasteiger partial charge < -0.3 is 25.8 Å². The van der Waals surface area contributed by atoms with Gasteiger partial charge in [-0.2, -0.15) is 0 Å². The van der Waals surface area contributed by atoms with Gasteiger partial charge in [-0.3, -0.25) is 4.79 Å². The van der Waals surface area contributed by atoms with Crippen molar-refractivity contribution in [1.29, 1.82) is 0 Å². The van der Waals surface area contributed by atoms with E-state index in [2.05, 4.69) is 10.1 Å². The molecule has 18 heavy (non-hydrogen) atoms. The Labute approximate surface area is 105 Å². The predicted molar refractivity (Wildman–Crippen MR) is 62.9 cm³/mol. The van der Waals surface area contributed by atoms with Crippen molar-refractivity contribution in [3.05, 3.63) is 0 Å². The Balaban J connectivity index is 4.43. The third-order valence-corrected chi connectivity index (χ3v) is 2.21. The van der Waals surface area contributed by atoms with Crippen molar-refractivity contribution in [2.45, 2.75) is 26.0 Å². The third kappa shape index (κ3) is 5.48. The molecule has 8 heteroatoms. The van der Waals surface area contributed by atoms with E-state index < -0.39 is 24.0 Å². The van der Waals surface area contributed by atoms with E-state index >= 15 is 0 Å². The van der Waals surface area contributed by atoms with E-state index in [4.69, 9.17) is 10.8 Å². The van der Waals surface area contributed by atoms with Gasteiger partial charge in [-0.05, 0) is 13.8 Å². The lowest BCUT2D eigenvalue weighted by Crippen LogP contribution is -2.50. The summed E-state index contributed by atoms with van der Waals surface area (Å²) < 4.78 is 4.66. The zero-order chi connectivity index (χ0) is 14.3. The predicted octanol–water partition coefficient (Wildman–Crippen LogP) is -1.01. The quantitative estimate of drug-likeness (QED) is 0.542. The molecule has 0 radical (unpaired) electrons. The van der Waals surface area contributed by atoms with E-state index in [9.17, 15) is 14.4 Å². The average molecular weight is 261 g/mol. The van der Waals surface area contributed by atoms with Crippen molar-refractivity contribution < 1.29 is 24.2 Å². The number of carboxylic acids is 1. The lowest BCUT2D eigenvalue weighted by atomic mass is 10.3. The normalized spacial score (nSPS) is 12.0. The van der Waals surface area contributed by atoms with Crippen molar-refractivity contribution in [2.24, 2.45) is 5.73 Å². The van der Waals surface area contributed by atoms with E-state index in [0.717, 1.165) is 0 Å². The number of aliphatic carboxylic acids is 1. The molecular weight excluding hydrogens is 242 g/mol. The SMILES string of the molecule is COC(CNC(=O)N(CC(N)=O)C(C)C)C(=O)O. The van der Waals surface area contributed by atoms with Gasteiger partial charge in [0.1, 0.15) is 6.54 Å². The van der Waals surface area contributed by atoms with Gasteiger partial charge >= 0.3 is 12.0 Å². The lowest BCUT2D eigenvalue weighted by molar-refractivity contribution is -0.148. The lowest BCUT2D eigenvalue weighted by Gasteiger charge is -2.26. The van der Waals surface area contributed by atoms with Crippen LogP contribution in [-0.2, 0) is 14.3 Å². The number of nitrogens with zero attached hydrogens (tertiary/aromatic N) is 1. The van der Waals surface area contributed by atoms with E-state index in [1.165, 1.54) is 12.0 Å². The maximum absolute atomic E-state index is 11.7. The number of nitrogens with one attached hydrogen (secondary N) is 1. The van der Waals surface area contributed by atoms with Crippen LogP contribution in [0.4, 0.5) is 4.79 Å². The van der Waals surface area contributed by atoms with Gasteiger partial charge in [0.2, 0.25) is 5.91 Å². The monoisotopic (exact) mass is 261 g/mol. The Kier molecular flexibility index (Phi) is 6.73. The molecule has 1 atom stereocenters. The first-order valence-electron chi connectivity index (χ1n) is 5.38. The van der Waals surface area contributed by atoms with Crippen LogP contribution < -0.4 is 11.1 Å². The van der Waals surface area contributed by atoms with Crippen molar-refractivity contribution >= 4 is 17.9 Å². The summed E-state index contributed by atoms with van der Waals surface area (Å²) in [6.07, 6.45) is -1.13. The van der Waals surface area contributed by atoms with E-state index in [-0.39, 0.29) is 19.1 Å². The van der Waals surface area contributed by atoms with Gasteiger partial charge in [-0.15, -0.1) is 0 Å². The molecule has 104 valence electrons. The Morgan fingerprint density at radius 2 is 1.94 bits per heavy atom. The molecule has 1 unspecified atom stereocenters. The highest BCUT2D eigenvalue weighted by Gasteiger charge is 2.22. The van der Waals surface area contributed by atoms with Gasteiger partial charge in [-0.25, -0.2) is 9.59 Å². The smallest absolute Gasteiger partial charge is 0.334 e. The van der Waals surface area contributed by atoms with Gasteiger partial charge in [-0.1, -0.05) is 0 Å². The van der Waals surface area contributed by atoms with Crippen LogP contribution in [0.5, 0.6) is 0 Å². The van der Waals surface area contributed by atoms with Crippen LogP contribution in [0.2, 0.25) is 0 Å². The second kappa shape index (κ2) is 7.49. The summed E-state index contributed by atoms with van der Waals surface area (Å²) in [5, 5.41) is 11.1. The van der Waals surface area contributed by atoms with E-state index in [1.807, 2.05) is 0 Å². The molecule has 8 nitrogen and oxygen atoms in total. The molecule has 0 aliphatic heterocycles. The molecule has 0 spiro atoms. The fourth-order valence-electron chi connectivity index (χ4n) is 1.21. The first-order valence-corrected chi connectivity index (χ1v) is 5.38. The summed E-state index contributed by atoms with van der Waals surface area (Å²) >= 11 is 0. The Morgan fingerprint density at radius 1 is 1.39 bits per heavy atom. The zero-order valence-electron chi connectivity index (χ0n) is 10.7. The minimum Gasteiger partial charge on any atom is -0.479 e. The summed E-state index contributed by atoms with van der Waals surface area (Å²) in [6.45, 7) is 3.02. The molecule has 0 aromatic carbocycles. The maximum Gasteiger partial charge on any atom is 0.334 e. The number of primary amides is 1.